The van der Waals surface area contributed by atoms with E-state index in [9.17, 15) is 4.79 Å². The molecule has 2 amide bonds. The number of fused-ring (bicyclic) bond motifs is 3. The zero-order valence-corrected chi connectivity index (χ0v) is 20.0. The first kappa shape index (κ1) is 21.2. The van der Waals surface area contributed by atoms with Gasteiger partial charge in [-0.1, -0.05) is 49.4 Å². The van der Waals surface area contributed by atoms with Crippen molar-refractivity contribution in [2.24, 2.45) is 0 Å². The molecule has 5 aromatic rings. The summed E-state index contributed by atoms with van der Waals surface area (Å²) in [6, 6.07) is 13.4. The van der Waals surface area contributed by atoms with Gasteiger partial charge in [0.15, 0.2) is 10.8 Å². The first-order valence-corrected chi connectivity index (χ1v) is 11.5. The van der Waals surface area contributed by atoms with Gasteiger partial charge in [-0.2, -0.15) is 0 Å². The summed E-state index contributed by atoms with van der Waals surface area (Å²) in [6.07, 6.45) is 2.05. The summed E-state index contributed by atoms with van der Waals surface area (Å²) in [4.78, 5) is 18.2. The molecule has 0 aliphatic rings. The van der Waals surface area contributed by atoms with Crippen molar-refractivity contribution in [2.75, 3.05) is 10.6 Å². The van der Waals surface area contributed by atoms with Crippen molar-refractivity contribution in [3.63, 3.8) is 0 Å². The average Bonchev–Trinajstić information content (AvgIpc) is 3.44. The molecule has 0 radical (unpaired) electrons. The lowest BCUT2D eigenvalue weighted by atomic mass is 9.93. The number of aryl methyl sites for hydroxylation is 2. The lowest BCUT2D eigenvalue weighted by Gasteiger charge is -2.12. The molecule has 7 nitrogen and oxygen atoms in total. The predicted molar refractivity (Wildman–Crippen MR) is 133 cm³/mol. The standard InChI is InChI=1S/C25H25N5O2S/c1-14-9-19-20(10-15(14)2)33-24-27-18(13-30(19)24)16-7-6-8-17(11-16)26-23(31)28-22-12-21(32-29-22)25(3,4)5/h6-13H,1-5H3,(H2,26,28,29,31). The van der Waals surface area contributed by atoms with Gasteiger partial charge < -0.3 is 9.84 Å². The van der Waals surface area contributed by atoms with E-state index in [1.807, 2.05) is 51.2 Å². The third kappa shape index (κ3) is 4.09. The van der Waals surface area contributed by atoms with Crippen LogP contribution >= 0.6 is 11.3 Å². The minimum atomic E-state index is -0.386. The second kappa shape index (κ2) is 7.74. The number of carbonyl (C=O) groups is 1. The minimum Gasteiger partial charge on any atom is -0.359 e. The van der Waals surface area contributed by atoms with E-state index in [0.29, 0.717) is 17.3 Å². The number of amides is 2. The molecule has 0 spiro atoms. The normalized spacial score (nSPS) is 11.9. The molecule has 0 aliphatic heterocycles. The fraction of sp³-hybridized carbons (Fsp3) is 0.240. The van der Waals surface area contributed by atoms with Crippen LogP contribution in [0.1, 0.15) is 37.7 Å². The van der Waals surface area contributed by atoms with Gasteiger partial charge in [0.05, 0.1) is 15.9 Å². The van der Waals surface area contributed by atoms with Gasteiger partial charge >= 0.3 is 6.03 Å². The van der Waals surface area contributed by atoms with Gasteiger partial charge in [0, 0.05) is 28.9 Å². The largest absolute Gasteiger partial charge is 0.359 e. The highest BCUT2D eigenvalue weighted by molar-refractivity contribution is 7.23. The Labute approximate surface area is 195 Å². The molecular weight excluding hydrogens is 434 g/mol. The molecule has 3 aromatic heterocycles. The number of thiazole rings is 1. The predicted octanol–water partition coefficient (Wildman–Crippen LogP) is 6.76. The van der Waals surface area contributed by atoms with E-state index in [-0.39, 0.29) is 11.4 Å². The van der Waals surface area contributed by atoms with Crippen molar-refractivity contribution in [3.05, 3.63) is 65.5 Å². The molecule has 0 unspecified atom stereocenters. The number of nitrogens with one attached hydrogen (secondary N) is 2. The summed E-state index contributed by atoms with van der Waals surface area (Å²) in [5.41, 5.74) is 5.97. The van der Waals surface area contributed by atoms with Gasteiger partial charge in [0.25, 0.3) is 0 Å². The maximum atomic E-state index is 12.5. The fourth-order valence-electron chi connectivity index (χ4n) is 3.61. The van der Waals surface area contributed by atoms with E-state index < -0.39 is 0 Å². The van der Waals surface area contributed by atoms with Gasteiger partial charge in [-0.3, -0.25) is 9.72 Å². The Kier molecular flexibility index (Phi) is 4.97. The van der Waals surface area contributed by atoms with Gasteiger partial charge in [-0.05, 0) is 49.2 Å². The molecule has 0 fully saturated rings. The number of benzene rings is 2. The van der Waals surface area contributed by atoms with E-state index in [1.165, 1.54) is 15.8 Å². The van der Waals surface area contributed by atoms with Crippen LogP contribution in [0.25, 0.3) is 26.4 Å². The van der Waals surface area contributed by atoms with Crippen LogP contribution in [0, 0.1) is 13.8 Å². The number of aromatic nitrogens is 3. The van der Waals surface area contributed by atoms with Gasteiger partial charge in [-0.25, -0.2) is 9.78 Å². The molecular formula is C25H25N5O2S. The zero-order valence-electron chi connectivity index (χ0n) is 19.2. The van der Waals surface area contributed by atoms with Crippen molar-refractivity contribution in [2.45, 2.75) is 40.0 Å². The minimum absolute atomic E-state index is 0.182. The fourth-order valence-corrected chi connectivity index (χ4v) is 4.70. The SMILES string of the molecule is Cc1cc2sc3nc(-c4cccc(NC(=O)Nc5cc(C(C)(C)C)on5)c4)cn3c2cc1C. The molecule has 33 heavy (non-hydrogen) atoms. The van der Waals surface area contributed by atoms with Crippen molar-refractivity contribution >= 4 is 44.1 Å². The quantitative estimate of drug-likeness (QED) is 0.312. The van der Waals surface area contributed by atoms with Crippen LogP contribution in [-0.2, 0) is 5.41 Å². The summed E-state index contributed by atoms with van der Waals surface area (Å²) < 4.78 is 8.68. The first-order chi connectivity index (χ1) is 15.7. The zero-order chi connectivity index (χ0) is 23.3. The Morgan fingerprint density at radius 2 is 1.85 bits per heavy atom. The van der Waals surface area contributed by atoms with Crippen molar-refractivity contribution in [1.82, 2.24) is 14.5 Å². The number of nitrogens with zero attached hydrogens (tertiary/aromatic N) is 3. The number of anilines is 2. The molecule has 5 rings (SSSR count). The second-order valence-electron chi connectivity index (χ2n) is 9.27. The molecule has 0 atom stereocenters. The van der Waals surface area contributed by atoms with E-state index in [0.717, 1.165) is 21.7 Å². The number of carbonyl (C=O) groups excluding carboxylic acids is 1. The Hall–Kier alpha value is -3.65. The maximum Gasteiger partial charge on any atom is 0.324 e. The van der Waals surface area contributed by atoms with Crippen molar-refractivity contribution in [3.8, 4) is 11.3 Å². The molecule has 0 bridgehead atoms. The van der Waals surface area contributed by atoms with Crippen LogP contribution in [0.2, 0.25) is 0 Å². The highest BCUT2D eigenvalue weighted by Crippen LogP contribution is 2.32. The van der Waals surface area contributed by atoms with Gasteiger partial charge in [0.1, 0.15) is 5.76 Å². The molecule has 168 valence electrons. The lowest BCUT2D eigenvalue weighted by molar-refractivity contribution is 0.262. The maximum absolute atomic E-state index is 12.5. The van der Waals surface area contributed by atoms with E-state index in [1.54, 1.807) is 17.4 Å². The van der Waals surface area contributed by atoms with Gasteiger partial charge in [0.2, 0.25) is 0 Å². The summed E-state index contributed by atoms with van der Waals surface area (Å²) in [5, 5.41) is 9.50. The lowest BCUT2D eigenvalue weighted by Crippen LogP contribution is -2.19. The topological polar surface area (TPSA) is 84.5 Å². The number of imidazole rings is 1. The number of urea groups is 1. The van der Waals surface area contributed by atoms with Crippen molar-refractivity contribution < 1.29 is 9.32 Å². The molecule has 0 saturated heterocycles. The highest BCUT2D eigenvalue weighted by Gasteiger charge is 2.20. The highest BCUT2D eigenvalue weighted by atomic mass is 32.1. The third-order valence-electron chi connectivity index (χ3n) is 5.62. The Morgan fingerprint density at radius 1 is 1.06 bits per heavy atom. The molecule has 0 saturated carbocycles. The monoisotopic (exact) mass is 459 g/mol. The summed E-state index contributed by atoms with van der Waals surface area (Å²) in [6.45, 7) is 10.3. The van der Waals surface area contributed by atoms with Crippen LogP contribution in [0.15, 0.2) is 53.2 Å². The summed E-state index contributed by atoms with van der Waals surface area (Å²) in [7, 11) is 0. The summed E-state index contributed by atoms with van der Waals surface area (Å²) in [5.74, 6) is 1.08. The third-order valence-corrected chi connectivity index (χ3v) is 6.63. The van der Waals surface area contributed by atoms with Crippen LogP contribution < -0.4 is 10.6 Å². The van der Waals surface area contributed by atoms with E-state index in [4.69, 9.17) is 9.51 Å². The number of hydrogen-bond donors (Lipinski definition) is 2. The molecule has 3 heterocycles. The van der Waals surface area contributed by atoms with Crippen LogP contribution in [-0.4, -0.2) is 20.6 Å². The van der Waals surface area contributed by atoms with Crippen LogP contribution in [0.3, 0.4) is 0 Å². The molecule has 8 heteroatoms. The number of hydrogen-bond acceptors (Lipinski definition) is 5. The number of rotatable bonds is 3. The van der Waals surface area contributed by atoms with E-state index in [2.05, 4.69) is 46.2 Å². The second-order valence-corrected chi connectivity index (χ2v) is 10.3. The van der Waals surface area contributed by atoms with Crippen molar-refractivity contribution in [1.29, 1.82) is 0 Å². The Bertz CT molecular complexity index is 1500. The Balaban J connectivity index is 1.36. The summed E-state index contributed by atoms with van der Waals surface area (Å²) >= 11 is 1.68. The average molecular weight is 460 g/mol. The van der Waals surface area contributed by atoms with Crippen LogP contribution in [0.4, 0.5) is 16.3 Å². The first-order valence-electron chi connectivity index (χ1n) is 10.7. The van der Waals surface area contributed by atoms with Gasteiger partial charge in [-0.15, -0.1) is 0 Å². The smallest absolute Gasteiger partial charge is 0.324 e. The molecule has 2 aromatic carbocycles. The Morgan fingerprint density at radius 3 is 2.61 bits per heavy atom. The van der Waals surface area contributed by atoms with Crippen LogP contribution in [0.5, 0.6) is 0 Å². The molecule has 0 aliphatic carbocycles. The molecule has 2 N–H and O–H groups in total. The van der Waals surface area contributed by atoms with E-state index >= 15 is 0 Å².